The Hall–Kier alpha value is -5.88. The summed E-state index contributed by atoms with van der Waals surface area (Å²) >= 11 is 0. The number of fused-ring (bicyclic) bond motifs is 1. The van der Waals surface area contributed by atoms with Crippen molar-refractivity contribution in [1.82, 2.24) is 40.4 Å². The van der Waals surface area contributed by atoms with E-state index in [-0.39, 0.29) is 46.6 Å². The maximum atomic E-state index is 14.3. The Morgan fingerprint density at radius 1 is 0.803 bits per heavy atom. The number of amides is 4. The standard InChI is InChI=1S/C46H54N8O7/c1-27(2)37(51-43(57)59-3)41(55)53-25-45(15-16-45)22-35(53)39-47-24-34(50-39)30-10-7-28(8-11-30)5-6-29-9-12-32-33(21-29)49-40(48-32)36-23-46(17-18-46)26-54(36)42(56)38(52-44(58)60-4)31-13-19-61-20-14-31/h7-12,21,24,27,31,35-38H,13-20,22-23,25-26H2,1-4H3,(H,47,50)(H,48,49)(H,51,57)(H,52,58)/t35-,36-,37-,38-/m0/s1. The minimum absolute atomic E-state index is 0.0348. The molecule has 9 rings (SSSR count). The Bertz CT molecular complexity index is 2380. The molecule has 3 aliphatic heterocycles. The molecular weight excluding hydrogens is 777 g/mol. The van der Waals surface area contributed by atoms with Crippen LogP contribution in [-0.4, -0.2) is 106 Å². The Morgan fingerprint density at radius 3 is 2.05 bits per heavy atom. The van der Waals surface area contributed by atoms with Gasteiger partial charge in [-0.3, -0.25) is 9.59 Å². The fourth-order valence-electron chi connectivity index (χ4n) is 9.61. The second-order valence-electron chi connectivity index (χ2n) is 18.2. The van der Waals surface area contributed by atoms with Crippen LogP contribution in [0.25, 0.3) is 22.3 Å². The van der Waals surface area contributed by atoms with Crippen LogP contribution < -0.4 is 10.6 Å². The quantitative estimate of drug-likeness (QED) is 0.147. The van der Waals surface area contributed by atoms with Crippen molar-refractivity contribution in [3.8, 4) is 23.1 Å². The van der Waals surface area contributed by atoms with Gasteiger partial charge in [0.1, 0.15) is 23.7 Å². The van der Waals surface area contributed by atoms with Crippen LogP contribution in [0.5, 0.6) is 0 Å². The minimum atomic E-state index is -0.694. The summed E-state index contributed by atoms with van der Waals surface area (Å²) in [5, 5.41) is 5.59. The average molecular weight is 831 g/mol. The average Bonchev–Trinajstić information content (AvgIpc) is 3.89. The molecule has 2 aromatic heterocycles. The van der Waals surface area contributed by atoms with Gasteiger partial charge in [-0.15, -0.1) is 0 Å². The molecule has 4 amide bonds. The molecule has 4 N–H and O–H groups in total. The van der Waals surface area contributed by atoms with Crippen molar-refractivity contribution in [1.29, 1.82) is 0 Å². The predicted octanol–water partition coefficient (Wildman–Crippen LogP) is 5.99. The number of imidazole rings is 2. The minimum Gasteiger partial charge on any atom is -0.453 e. The highest BCUT2D eigenvalue weighted by atomic mass is 16.5. The van der Waals surface area contributed by atoms with Gasteiger partial charge in [-0.2, -0.15) is 0 Å². The summed E-state index contributed by atoms with van der Waals surface area (Å²) in [6.45, 7) is 6.24. The van der Waals surface area contributed by atoms with Gasteiger partial charge in [0.15, 0.2) is 0 Å². The van der Waals surface area contributed by atoms with Gasteiger partial charge >= 0.3 is 12.2 Å². The van der Waals surface area contributed by atoms with Crippen LogP contribution in [0.15, 0.2) is 48.7 Å². The lowest BCUT2D eigenvalue weighted by molar-refractivity contribution is -0.137. The highest BCUT2D eigenvalue weighted by Crippen LogP contribution is 2.59. The molecule has 15 heteroatoms. The lowest BCUT2D eigenvalue weighted by Crippen LogP contribution is -2.53. The van der Waals surface area contributed by atoms with Gasteiger partial charge < -0.3 is 44.6 Å². The van der Waals surface area contributed by atoms with Crippen molar-refractivity contribution in [2.24, 2.45) is 22.7 Å². The lowest BCUT2D eigenvalue weighted by atomic mass is 9.90. The van der Waals surface area contributed by atoms with E-state index in [4.69, 9.17) is 24.2 Å². The number of carbonyl (C=O) groups is 4. The summed E-state index contributed by atoms with van der Waals surface area (Å²) in [7, 11) is 2.62. The van der Waals surface area contributed by atoms with Gasteiger partial charge in [-0.05, 0) is 110 Å². The number of aromatic amines is 2. The molecule has 0 radical (unpaired) electrons. The predicted molar refractivity (Wildman–Crippen MR) is 225 cm³/mol. The molecule has 61 heavy (non-hydrogen) atoms. The first kappa shape index (κ1) is 40.5. The Labute approximate surface area is 355 Å². The van der Waals surface area contributed by atoms with E-state index in [2.05, 4.69) is 32.4 Å². The maximum absolute atomic E-state index is 14.3. The smallest absolute Gasteiger partial charge is 0.407 e. The number of benzene rings is 2. The first-order valence-electron chi connectivity index (χ1n) is 21.5. The molecule has 3 saturated heterocycles. The number of carbonyl (C=O) groups excluding carboxylic acids is 4. The van der Waals surface area contributed by atoms with Crippen LogP contribution in [0.1, 0.15) is 100 Å². The van der Waals surface area contributed by atoms with Crippen molar-refractivity contribution in [2.45, 2.75) is 89.4 Å². The molecule has 5 aliphatic rings. The number of hydrogen-bond acceptors (Lipinski definition) is 9. The lowest BCUT2D eigenvalue weighted by Gasteiger charge is -2.34. The van der Waals surface area contributed by atoms with Gasteiger partial charge in [0.2, 0.25) is 11.8 Å². The number of likely N-dealkylation sites (tertiary alicyclic amines) is 2. The van der Waals surface area contributed by atoms with Gasteiger partial charge in [-0.25, -0.2) is 19.6 Å². The van der Waals surface area contributed by atoms with E-state index in [1.807, 2.05) is 72.3 Å². The van der Waals surface area contributed by atoms with Crippen molar-refractivity contribution >= 4 is 35.0 Å². The maximum Gasteiger partial charge on any atom is 0.407 e. The summed E-state index contributed by atoms with van der Waals surface area (Å²) < 4.78 is 15.3. The Morgan fingerprint density at radius 2 is 1.41 bits per heavy atom. The molecule has 2 aliphatic carbocycles. The third kappa shape index (κ3) is 8.30. The highest BCUT2D eigenvalue weighted by Gasteiger charge is 2.56. The molecule has 15 nitrogen and oxygen atoms in total. The topological polar surface area (TPSA) is 184 Å². The molecule has 5 heterocycles. The van der Waals surface area contributed by atoms with Crippen molar-refractivity contribution in [3.05, 3.63) is 71.4 Å². The van der Waals surface area contributed by atoms with Crippen LogP contribution in [0.2, 0.25) is 0 Å². The van der Waals surface area contributed by atoms with E-state index in [9.17, 15) is 19.2 Å². The molecule has 4 aromatic rings. The molecule has 4 atom stereocenters. The molecule has 0 bridgehead atoms. The van der Waals surface area contributed by atoms with Gasteiger partial charge in [0.05, 0.1) is 49.2 Å². The zero-order valence-electron chi connectivity index (χ0n) is 35.2. The second-order valence-corrected chi connectivity index (χ2v) is 18.2. The normalized spacial score (nSPS) is 22.2. The molecule has 2 spiro atoms. The fraction of sp³-hybridized carbons (Fsp3) is 0.522. The number of methoxy groups -OCH3 is 2. The summed E-state index contributed by atoms with van der Waals surface area (Å²) in [5.74, 6) is 7.72. The number of rotatable bonds is 9. The monoisotopic (exact) mass is 830 g/mol. The Balaban J connectivity index is 0.888. The van der Waals surface area contributed by atoms with E-state index < -0.39 is 24.3 Å². The van der Waals surface area contributed by atoms with Gasteiger partial charge in [-0.1, -0.05) is 37.8 Å². The summed E-state index contributed by atoms with van der Waals surface area (Å²) in [5.41, 5.74) is 5.34. The zero-order valence-corrected chi connectivity index (χ0v) is 35.2. The third-order valence-corrected chi connectivity index (χ3v) is 13.6. The number of H-pyrrole nitrogens is 2. The van der Waals surface area contributed by atoms with Crippen LogP contribution >= 0.6 is 0 Å². The van der Waals surface area contributed by atoms with Crippen molar-refractivity contribution < 1.29 is 33.4 Å². The molecule has 2 saturated carbocycles. The van der Waals surface area contributed by atoms with Crippen LogP contribution in [0.3, 0.4) is 0 Å². The van der Waals surface area contributed by atoms with Gasteiger partial charge in [0, 0.05) is 37.4 Å². The summed E-state index contributed by atoms with van der Waals surface area (Å²) in [6.07, 6.45) is 7.94. The molecule has 0 unspecified atom stereocenters. The van der Waals surface area contributed by atoms with E-state index >= 15 is 0 Å². The van der Waals surface area contributed by atoms with Crippen molar-refractivity contribution in [3.63, 3.8) is 0 Å². The fourth-order valence-corrected chi connectivity index (χ4v) is 9.61. The van der Waals surface area contributed by atoms with E-state index in [1.54, 1.807) is 0 Å². The Kier molecular flexibility index (Phi) is 10.8. The number of alkyl carbamates (subject to hydrolysis) is 2. The highest BCUT2D eigenvalue weighted by molar-refractivity contribution is 5.88. The van der Waals surface area contributed by atoms with Crippen LogP contribution in [0.4, 0.5) is 9.59 Å². The number of ether oxygens (including phenoxy) is 3. The SMILES string of the molecule is COC(=O)N[C@H](C(=O)N1CC2(CC2)C[C@H]1c1ncc(-c2ccc(C#Cc3ccc4nc([C@@H]5CC6(CC6)CN5C(=O)[C@@H](NC(=O)OC)C5CCOCC5)[nH]c4c3)cc2)[nH]1)C(C)C. The first-order chi connectivity index (χ1) is 29.5. The number of hydrogen-bond donors (Lipinski definition) is 4. The van der Waals surface area contributed by atoms with Gasteiger partial charge in [0.25, 0.3) is 0 Å². The molecular formula is C46H54N8O7. The van der Waals surface area contributed by atoms with Crippen molar-refractivity contribution in [2.75, 3.05) is 40.5 Å². The van der Waals surface area contributed by atoms with Crippen LogP contribution in [-0.2, 0) is 23.8 Å². The third-order valence-electron chi connectivity index (χ3n) is 13.6. The largest absolute Gasteiger partial charge is 0.453 e. The summed E-state index contributed by atoms with van der Waals surface area (Å²) in [6, 6.07) is 12.1. The number of nitrogens with zero attached hydrogens (tertiary/aromatic N) is 4. The second kappa shape index (κ2) is 16.2. The van der Waals surface area contributed by atoms with Crippen LogP contribution in [0, 0.1) is 34.5 Å². The zero-order chi connectivity index (χ0) is 42.5. The molecule has 320 valence electrons. The van der Waals surface area contributed by atoms with E-state index in [0.717, 1.165) is 83.6 Å². The first-order valence-corrected chi connectivity index (χ1v) is 21.5. The van der Waals surface area contributed by atoms with E-state index in [0.29, 0.717) is 39.1 Å². The van der Waals surface area contributed by atoms with E-state index in [1.165, 1.54) is 14.2 Å². The molecule has 2 aromatic carbocycles. The number of nitrogens with one attached hydrogen (secondary N) is 4. The molecule has 5 fully saturated rings. The number of aromatic nitrogens is 4. The summed E-state index contributed by atoms with van der Waals surface area (Å²) in [4.78, 5) is 73.2.